The first kappa shape index (κ1) is 14.6. The Hall–Kier alpha value is -1.82. The van der Waals surface area contributed by atoms with E-state index in [9.17, 15) is 9.59 Å². The first-order chi connectivity index (χ1) is 9.67. The van der Waals surface area contributed by atoms with Gasteiger partial charge in [0.1, 0.15) is 0 Å². The summed E-state index contributed by atoms with van der Waals surface area (Å²) >= 11 is 3.29. The van der Waals surface area contributed by atoms with Crippen molar-refractivity contribution in [2.75, 3.05) is 11.9 Å². The number of rotatable bonds is 4. The summed E-state index contributed by atoms with van der Waals surface area (Å²) < 4.78 is 5.09. The maximum atomic E-state index is 12.2. The number of esters is 1. The first-order valence-electron chi connectivity index (χ1n) is 6.26. The molecule has 0 radical (unpaired) electrons. The van der Waals surface area contributed by atoms with E-state index < -0.39 is 12.0 Å². The minimum Gasteiger partial charge on any atom is -0.463 e. The summed E-state index contributed by atoms with van der Waals surface area (Å²) in [5, 5.41) is 5.77. The Balaban J connectivity index is 2.46. The zero-order valence-corrected chi connectivity index (χ0v) is 12.6. The Morgan fingerprint density at radius 3 is 2.65 bits per heavy atom. The summed E-state index contributed by atoms with van der Waals surface area (Å²) in [5.41, 5.74) is 1.79. The first-order valence-corrected chi connectivity index (χ1v) is 7.38. The standard InChI is InChI=1S/C14H15BrN2O3/c1-2-20-13(18)11-10(8-15)16-14(19)17-12(11)9-6-4-3-5-7-9/h3-7,12H,2,8H2,1H3,(H2,16,17,19). The molecule has 2 rings (SSSR count). The van der Waals surface area contributed by atoms with Crippen LogP contribution in [0.2, 0.25) is 0 Å². The van der Waals surface area contributed by atoms with Crippen LogP contribution in [-0.4, -0.2) is 23.9 Å². The van der Waals surface area contributed by atoms with Crippen LogP contribution >= 0.6 is 15.9 Å². The second-order valence-corrected chi connectivity index (χ2v) is 4.75. The molecule has 1 aromatic rings. The molecule has 1 aliphatic heterocycles. The van der Waals surface area contributed by atoms with Gasteiger partial charge in [0.25, 0.3) is 0 Å². The summed E-state index contributed by atoms with van der Waals surface area (Å²) in [6, 6.07) is 8.49. The molecule has 5 nitrogen and oxygen atoms in total. The molecule has 0 bridgehead atoms. The second-order valence-electron chi connectivity index (χ2n) is 4.19. The maximum absolute atomic E-state index is 12.2. The number of benzene rings is 1. The normalized spacial score (nSPS) is 18.3. The molecule has 0 saturated heterocycles. The highest BCUT2D eigenvalue weighted by atomic mass is 79.9. The lowest BCUT2D eigenvalue weighted by Gasteiger charge is -2.28. The lowest BCUT2D eigenvalue weighted by atomic mass is 9.96. The third-order valence-corrected chi connectivity index (χ3v) is 3.48. The van der Waals surface area contributed by atoms with Crippen molar-refractivity contribution in [1.29, 1.82) is 0 Å². The fraction of sp³-hybridized carbons (Fsp3) is 0.286. The van der Waals surface area contributed by atoms with Crippen LogP contribution in [0.15, 0.2) is 41.6 Å². The van der Waals surface area contributed by atoms with E-state index in [1.807, 2.05) is 30.3 Å². The molecular weight excluding hydrogens is 324 g/mol. The van der Waals surface area contributed by atoms with Crippen molar-refractivity contribution in [1.82, 2.24) is 10.6 Å². The Bertz CT molecular complexity index is 543. The Morgan fingerprint density at radius 2 is 2.05 bits per heavy atom. The highest BCUT2D eigenvalue weighted by Gasteiger charge is 2.32. The molecule has 0 fully saturated rings. The molecule has 6 heteroatoms. The van der Waals surface area contributed by atoms with Crippen LogP contribution in [0.25, 0.3) is 0 Å². The molecule has 1 aromatic carbocycles. The van der Waals surface area contributed by atoms with Gasteiger partial charge in [0, 0.05) is 11.0 Å². The number of nitrogens with one attached hydrogen (secondary N) is 2. The van der Waals surface area contributed by atoms with Crippen molar-refractivity contribution < 1.29 is 14.3 Å². The van der Waals surface area contributed by atoms with Gasteiger partial charge >= 0.3 is 12.0 Å². The number of alkyl halides is 1. The van der Waals surface area contributed by atoms with Crippen LogP contribution in [0.5, 0.6) is 0 Å². The average Bonchev–Trinajstić information content (AvgIpc) is 2.47. The van der Waals surface area contributed by atoms with Crippen molar-refractivity contribution in [2.24, 2.45) is 0 Å². The second kappa shape index (κ2) is 6.56. The molecule has 1 atom stereocenters. The molecule has 0 spiro atoms. The number of carbonyl (C=O) groups excluding carboxylic acids is 2. The number of ether oxygens (including phenoxy) is 1. The van der Waals surface area contributed by atoms with Gasteiger partial charge in [-0.05, 0) is 12.5 Å². The number of carbonyl (C=O) groups is 2. The minimum atomic E-state index is -0.503. The maximum Gasteiger partial charge on any atom is 0.338 e. The summed E-state index contributed by atoms with van der Waals surface area (Å²) in [4.78, 5) is 23.9. The third-order valence-electron chi connectivity index (χ3n) is 2.92. The Kier molecular flexibility index (Phi) is 4.79. The topological polar surface area (TPSA) is 67.4 Å². The molecular formula is C14H15BrN2O3. The number of urea groups is 1. The van der Waals surface area contributed by atoms with E-state index in [-0.39, 0.29) is 12.6 Å². The number of halogens is 1. The summed E-state index contributed by atoms with van der Waals surface area (Å²) in [6.07, 6.45) is 0. The van der Waals surface area contributed by atoms with Gasteiger partial charge in [-0.15, -0.1) is 0 Å². The number of allylic oxidation sites excluding steroid dienone is 1. The van der Waals surface area contributed by atoms with Gasteiger partial charge in [-0.25, -0.2) is 9.59 Å². The Labute approximate surface area is 125 Å². The zero-order chi connectivity index (χ0) is 14.5. The molecule has 1 heterocycles. The molecule has 0 aliphatic carbocycles. The largest absolute Gasteiger partial charge is 0.463 e. The lowest BCUT2D eigenvalue weighted by Crippen LogP contribution is -2.46. The van der Waals surface area contributed by atoms with E-state index in [0.29, 0.717) is 16.6 Å². The summed E-state index contributed by atoms with van der Waals surface area (Å²) in [7, 11) is 0. The zero-order valence-electron chi connectivity index (χ0n) is 11.0. The Morgan fingerprint density at radius 1 is 1.35 bits per heavy atom. The molecule has 0 aromatic heterocycles. The van der Waals surface area contributed by atoms with Crippen LogP contribution < -0.4 is 10.6 Å². The van der Waals surface area contributed by atoms with Crippen LogP contribution in [0.4, 0.5) is 4.79 Å². The lowest BCUT2D eigenvalue weighted by molar-refractivity contribution is -0.139. The van der Waals surface area contributed by atoms with Crippen molar-refractivity contribution >= 4 is 27.9 Å². The van der Waals surface area contributed by atoms with Gasteiger partial charge in [0.2, 0.25) is 0 Å². The van der Waals surface area contributed by atoms with E-state index in [1.54, 1.807) is 6.92 Å². The molecule has 2 amide bonds. The van der Waals surface area contributed by atoms with Crippen LogP contribution in [0.3, 0.4) is 0 Å². The van der Waals surface area contributed by atoms with Crippen LogP contribution in [0, 0.1) is 0 Å². The smallest absolute Gasteiger partial charge is 0.338 e. The molecule has 106 valence electrons. The van der Waals surface area contributed by atoms with E-state index in [2.05, 4.69) is 26.6 Å². The predicted octanol–water partition coefficient (Wildman–Crippen LogP) is 2.25. The van der Waals surface area contributed by atoms with Crippen LogP contribution in [-0.2, 0) is 9.53 Å². The van der Waals surface area contributed by atoms with Crippen LogP contribution in [0.1, 0.15) is 18.5 Å². The van der Waals surface area contributed by atoms with E-state index in [1.165, 1.54) is 0 Å². The van der Waals surface area contributed by atoms with E-state index in [4.69, 9.17) is 4.74 Å². The SMILES string of the molecule is CCOC(=O)C1=C(CBr)NC(=O)NC1c1ccccc1. The van der Waals surface area contributed by atoms with Gasteiger partial charge in [-0.1, -0.05) is 46.3 Å². The van der Waals surface area contributed by atoms with Crippen molar-refractivity contribution in [2.45, 2.75) is 13.0 Å². The number of amides is 2. The monoisotopic (exact) mass is 338 g/mol. The molecule has 0 saturated carbocycles. The van der Waals surface area contributed by atoms with Gasteiger partial charge in [0.15, 0.2) is 0 Å². The fourth-order valence-corrected chi connectivity index (χ4v) is 2.51. The van der Waals surface area contributed by atoms with Gasteiger partial charge in [-0.3, -0.25) is 0 Å². The van der Waals surface area contributed by atoms with E-state index in [0.717, 1.165) is 5.56 Å². The fourth-order valence-electron chi connectivity index (χ4n) is 2.07. The molecule has 1 unspecified atom stereocenters. The van der Waals surface area contributed by atoms with Gasteiger partial charge in [0.05, 0.1) is 18.2 Å². The van der Waals surface area contributed by atoms with Gasteiger partial charge < -0.3 is 15.4 Å². The predicted molar refractivity (Wildman–Crippen MR) is 78.3 cm³/mol. The highest BCUT2D eigenvalue weighted by Crippen LogP contribution is 2.28. The molecule has 1 aliphatic rings. The highest BCUT2D eigenvalue weighted by molar-refractivity contribution is 9.09. The van der Waals surface area contributed by atoms with E-state index >= 15 is 0 Å². The molecule has 2 N–H and O–H groups in total. The quantitative estimate of drug-likeness (QED) is 0.653. The number of hydrogen-bond acceptors (Lipinski definition) is 3. The summed E-state index contributed by atoms with van der Waals surface area (Å²) in [5.74, 6) is -0.427. The van der Waals surface area contributed by atoms with Crippen molar-refractivity contribution in [3.63, 3.8) is 0 Å². The van der Waals surface area contributed by atoms with Crippen molar-refractivity contribution in [3.05, 3.63) is 47.2 Å². The number of hydrogen-bond donors (Lipinski definition) is 2. The van der Waals surface area contributed by atoms with Gasteiger partial charge in [-0.2, -0.15) is 0 Å². The minimum absolute atomic E-state index is 0.285. The van der Waals surface area contributed by atoms with Crippen molar-refractivity contribution in [3.8, 4) is 0 Å². The average molecular weight is 339 g/mol. The molecule has 20 heavy (non-hydrogen) atoms. The summed E-state index contributed by atoms with van der Waals surface area (Å²) in [6.45, 7) is 2.03. The third kappa shape index (κ3) is 3.01.